The van der Waals surface area contributed by atoms with E-state index in [0.717, 1.165) is 0 Å². The Balaban J connectivity index is 5.45. The average Bonchev–Trinajstić information content (AvgIpc) is 3.10. The van der Waals surface area contributed by atoms with Crippen molar-refractivity contribution in [2.45, 2.75) is 134 Å². The summed E-state index contributed by atoms with van der Waals surface area (Å²) in [6.07, 6.45) is -15.5. The Morgan fingerprint density at radius 3 is 0.677 bits per heavy atom. The number of unbranched alkanes of at least 4 members (excludes halogenated alkanes) is 5. The summed E-state index contributed by atoms with van der Waals surface area (Å²) in [7, 11) is 0. The number of carbonyl (C=O) groups excluding carboxylic acids is 2. The van der Waals surface area contributed by atoms with E-state index in [2.05, 4.69) is 0 Å². The van der Waals surface area contributed by atoms with Gasteiger partial charge in [0.25, 0.3) is 11.8 Å². The molecule has 62 heavy (non-hydrogen) atoms. The Labute approximate surface area is 321 Å². The molecule has 4 nitrogen and oxygen atoms in total. The predicted octanol–water partition coefficient (Wildman–Crippen LogP) is 11.0. The molecular weight excluding hydrogens is 980 g/mol. The van der Waals surface area contributed by atoms with E-state index in [1.54, 1.807) is 0 Å². The number of amides is 2. The Morgan fingerprint density at radius 2 is 0.468 bits per heavy atom. The van der Waals surface area contributed by atoms with Crippen LogP contribution < -0.4 is 10.6 Å². The largest absolute Gasteiger partial charge is 0.392 e. The highest BCUT2D eigenvalue weighted by molar-refractivity contribution is 5.85. The first-order valence-corrected chi connectivity index (χ1v) is 15.4. The van der Waals surface area contributed by atoms with Crippen molar-refractivity contribution in [3.05, 3.63) is 0 Å². The second-order valence-corrected chi connectivity index (χ2v) is 12.4. The molecule has 0 heterocycles. The smallest absolute Gasteiger partial charge is 0.351 e. The van der Waals surface area contributed by atoms with Gasteiger partial charge < -0.3 is 10.6 Å². The number of alkyl halides is 32. The van der Waals surface area contributed by atoms with Gasteiger partial charge in [0.2, 0.25) is 0 Å². The fraction of sp³-hybridized carbons (Fsp3) is 0.923. The van der Waals surface area contributed by atoms with E-state index >= 15 is 0 Å². The molecule has 0 saturated heterocycles. The van der Waals surface area contributed by atoms with Crippen LogP contribution in [0.5, 0.6) is 0 Å². The number of rotatable bonds is 25. The number of hydrogen-bond acceptors (Lipinski definition) is 2. The van der Waals surface area contributed by atoms with E-state index in [4.69, 9.17) is 0 Å². The van der Waals surface area contributed by atoms with E-state index in [9.17, 15) is 150 Å². The van der Waals surface area contributed by atoms with Gasteiger partial charge in [0, 0.05) is 13.1 Å². The maximum atomic E-state index is 13.9. The van der Waals surface area contributed by atoms with Crippen molar-refractivity contribution < 1.29 is 150 Å². The molecule has 0 aromatic heterocycles. The first kappa shape index (κ1) is 58.7. The third-order valence-corrected chi connectivity index (χ3v) is 8.07. The van der Waals surface area contributed by atoms with Crippen molar-refractivity contribution >= 4 is 11.8 Å². The van der Waals surface area contributed by atoms with Crippen molar-refractivity contribution in [3.63, 3.8) is 0 Å². The molecular formula is C26H20F32N2O2. The topological polar surface area (TPSA) is 58.2 Å². The summed E-state index contributed by atoms with van der Waals surface area (Å²) in [4.78, 5) is 22.8. The summed E-state index contributed by atoms with van der Waals surface area (Å²) in [5.74, 6) is -123. The van der Waals surface area contributed by atoms with Crippen LogP contribution in [0.2, 0.25) is 0 Å². The minimum atomic E-state index is -8.77. The van der Waals surface area contributed by atoms with Gasteiger partial charge in [0.15, 0.2) is 0 Å². The molecule has 0 aliphatic heterocycles. The molecule has 0 fully saturated rings. The van der Waals surface area contributed by atoms with Gasteiger partial charge in [0.1, 0.15) is 0 Å². The Morgan fingerprint density at radius 1 is 0.290 bits per heavy atom. The maximum absolute atomic E-state index is 13.9. The van der Waals surface area contributed by atoms with Gasteiger partial charge in [0.05, 0.1) is 0 Å². The summed E-state index contributed by atoms with van der Waals surface area (Å²) in [6.45, 7) is -2.83. The molecule has 0 aromatic carbocycles. The van der Waals surface area contributed by atoms with Crippen molar-refractivity contribution in [3.8, 4) is 0 Å². The van der Waals surface area contributed by atoms with Gasteiger partial charge in [-0.05, 0) is 12.8 Å². The predicted molar refractivity (Wildman–Crippen MR) is 135 cm³/mol. The van der Waals surface area contributed by atoms with E-state index in [1.165, 1.54) is 0 Å². The Hall–Kier alpha value is -3.30. The summed E-state index contributed by atoms with van der Waals surface area (Å²) in [5, 5.41) is 1.27. The zero-order chi connectivity index (χ0) is 50.4. The fourth-order valence-corrected chi connectivity index (χ4v) is 4.14. The molecule has 2 amide bonds. The molecule has 370 valence electrons. The molecule has 0 rings (SSSR count). The van der Waals surface area contributed by atoms with Crippen LogP contribution in [0.15, 0.2) is 0 Å². The summed E-state index contributed by atoms with van der Waals surface area (Å²) >= 11 is 0. The third kappa shape index (κ3) is 8.76. The van der Waals surface area contributed by atoms with Crippen LogP contribution in [-0.2, 0) is 9.59 Å². The molecule has 0 bridgehead atoms. The quantitative estimate of drug-likeness (QED) is 0.0707. The van der Waals surface area contributed by atoms with Crippen molar-refractivity contribution in [2.24, 2.45) is 0 Å². The molecule has 0 aliphatic carbocycles. The Bertz CT molecular complexity index is 1430. The average molecular weight is 1000 g/mol. The van der Waals surface area contributed by atoms with E-state index in [-0.39, 0.29) is 12.8 Å². The van der Waals surface area contributed by atoms with Crippen LogP contribution in [0.3, 0.4) is 0 Å². The number of hydrogen-bond donors (Lipinski definition) is 2. The second kappa shape index (κ2) is 17.6. The normalized spacial score (nSPS) is 15.7. The van der Waals surface area contributed by atoms with E-state index < -0.39 is 146 Å². The van der Waals surface area contributed by atoms with Crippen LogP contribution in [0.4, 0.5) is 140 Å². The molecule has 0 spiro atoms. The first-order valence-electron chi connectivity index (χ1n) is 15.4. The van der Waals surface area contributed by atoms with Crippen molar-refractivity contribution in [1.82, 2.24) is 10.6 Å². The minimum absolute atomic E-state index is 0.369. The van der Waals surface area contributed by atoms with Crippen LogP contribution in [-0.4, -0.2) is 121 Å². The highest BCUT2D eigenvalue weighted by Crippen LogP contribution is 2.64. The summed E-state index contributed by atoms with van der Waals surface area (Å²) in [5.41, 5.74) is 0. The van der Waals surface area contributed by atoms with Gasteiger partial charge in [-0.2, -0.15) is 123 Å². The van der Waals surface area contributed by atoms with Crippen molar-refractivity contribution in [1.29, 1.82) is 0 Å². The number of carbonyl (C=O) groups is 2. The van der Waals surface area contributed by atoms with Gasteiger partial charge in [-0.3, -0.25) is 9.59 Å². The van der Waals surface area contributed by atoms with Gasteiger partial charge in [-0.15, -0.1) is 0 Å². The molecule has 0 aliphatic rings. The monoisotopic (exact) mass is 1000 g/mol. The lowest BCUT2D eigenvalue weighted by Gasteiger charge is -2.42. The lowest BCUT2D eigenvalue weighted by molar-refractivity contribution is -0.443. The molecule has 0 atom stereocenters. The molecule has 0 aromatic rings. The molecule has 36 heteroatoms. The minimum Gasteiger partial charge on any atom is -0.351 e. The fourth-order valence-electron chi connectivity index (χ4n) is 4.14. The number of halogens is 32. The summed E-state index contributed by atoms with van der Waals surface area (Å²) in [6, 6.07) is 0. The first-order chi connectivity index (χ1) is 26.9. The standard InChI is InChI=1S/C26H20F32N2O2/c27-9(28)13(31,32)17(39,40)21(47,48)25(55,56)23(51,52)19(43,44)15(35,36)11(61)59-7-5-3-1-2-4-6-8-60-12(62)16(37,38)20(45,46)24(53,54)26(57,58)22(49,50)18(41,42)14(33,34)10(29)30/h9-10H,1-8H2,(H,59,61)(H,60,62). The highest BCUT2D eigenvalue weighted by Gasteiger charge is 2.96. The van der Waals surface area contributed by atoms with Gasteiger partial charge in [-0.25, -0.2) is 17.6 Å². The second-order valence-electron chi connectivity index (χ2n) is 12.4. The van der Waals surface area contributed by atoms with Crippen LogP contribution >= 0.6 is 0 Å². The lowest BCUT2D eigenvalue weighted by atomic mass is 9.89. The summed E-state index contributed by atoms with van der Waals surface area (Å²) < 4.78 is 428. The Kier molecular flexibility index (Phi) is 16.7. The highest BCUT2D eigenvalue weighted by atomic mass is 19.4. The maximum Gasteiger partial charge on any atom is 0.392 e. The molecule has 0 unspecified atom stereocenters. The zero-order valence-corrected chi connectivity index (χ0v) is 28.7. The zero-order valence-electron chi connectivity index (χ0n) is 28.7. The molecule has 2 N–H and O–H groups in total. The molecule has 0 radical (unpaired) electrons. The van der Waals surface area contributed by atoms with Gasteiger partial charge in [-0.1, -0.05) is 25.7 Å². The van der Waals surface area contributed by atoms with Crippen molar-refractivity contribution in [2.75, 3.05) is 13.1 Å². The van der Waals surface area contributed by atoms with Gasteiger partial charge >= 0.3 is 95.8 Å². The number of nitrogens with one attached hydrogen (secondary N) is 2. The van der Waals surface area contributed by atoms with E-state index in [1.807, 2.05) is 0 Å². The molecule has 0 saturated carbocycles. The lowest BCUT2D eigenvalue weighted by Crippen LogP contribution is -2.74. The SMILES string of the molecule is O=C(NCCCCCCCCNC(=O)C(F)(F)C(F)(F)C(F)(F)C(F)(F)C(F)(F)C(F)(F)C(F)(F)C(F)F)C(F)(F)C(F)(F)C(F)(F)C(F)(F)C(F)(F)C(F)(F)C(F)(F)C(F)F. The van der Waals surface area contributed by atoms with Crippen LogP contribution in [0.25, 0.3) is 0 Å². The third-order valence-electron chi connectivity index (χ3n) is 8.07. The van der Waals surface area contributed by atoms with E-state index in [0.29, 0.717) is 10.6 Å². The van der Waals surface area contributed by atoms with Crippen LogP contribution in [0.1, 0.15) is 38.5 Å². The van der Waals surface area contributed by atoms with Crippen LogP contribution in [0, 0.1) is 0 Å².